The van der Waals surface area contributed by atoms with E-state index in [-0.39, 0.29) is 6.04 Å². The average Bonchev–Trinajstić information content (AvgIpc) is 2.31. The zero-order chi connectivity index (χ0) is 12.8. The zero-order valence-electron chi connectivity index (χ0n) is 9.56. The van der Waals surface area contributed by atoms with Crippen molar-refractivity contribution in [1.29, 1.82) is 5.26 Å². The van der Waals surface area contributed by atoms with Crippen molar-refractivity contribution in [3.8, 4) is 6.07 Å². The van der Waals surface area contributed by atoms with Crippen LogP contribution in [0.25, 0.3) is 0 Å². The minimum absolute atomic E-state index is 0.220. The van der Waals surface area contributed by atoms with E-state index >= 15 is 0 Å². The van der Waals surface area contributed by atoms with Gasteiger partial charge in [0.15, 0.2) is 5.16 Å². The molecule has 17 heavy (non-hydrogen) atoms. The number of rotatable bonds is 5. The van der Waals surface area contributed by atoms with Crippen LogP contribution in [0.3, 0.4) is 0 Å². The average molecular weight is 255 g/mol. The molecule has 8 heteroatoms. The number of H-pyrrole nitrogens is 1. The third kappa shape index (κ3) is 3.72. The molecule has 1 unspecified atom stereocenters. The smallest absolute Gasteiger partial charge is 0.305 e. The first-order chi connectivity index (χ1) is 8.08. The molecule has 92 valence electrons. The molecular formula is C9H13N5O2S. The Morgan fingerprint density at radius 1 is 1.65 bits per heavy atom. The molecule has 1 atom stereocenters. The van der Waals surface area contributed by atoms with Crippen molar-refractivity contribution in [1.82, 2.24) is 20.1 Å². The lowest BCUT2D eigenvalue weighted by Crippen LogP contribution is -2.34. The van der Waals surface area contributed by atoms with Crippen LogP contribution in [0.2, 0.25) is 0 Å². The Bertz CT molecular complexity index is 529. The number of hydrogen-bond donors (Lipinski definition) is 2. The van der Waals surface area contributed by atoms with E-state index in [1.165, 1.54) is 16.4 Å². The molecule has 0 aromatic carbocycles. The zero-order valence-corrected chi connectivity index (χ0v) is 10.4. The van der Waals surface area contributed by atoms with Gasteiger partial charge in [-0.25, -0.2) is 0 Å². The summed E-state index contributed by atoms with van der Waals surface area (Å²) in [5.41, 5.74) is -1.53. The van der Waals surface area contributed by atoms with E-state index in [4.69, 9.17) is 5.26 Å². The maximum atomic E-state index is 11.1. The Labute approximate surface area is 102 Å². The van der Waals surface area contributed by atoms with Crippen LogP contribution in [0, 0.1) is 11.3 Å². The van der Waals surface area contributed by atoms with E-state index in [1.54, 1.807) is 14.1 Å². The summed E-state index contributed by atoms with van der Waals surface area (Å²) in [5, 5.41) is 14.4. The Kier molecular flexibility index (Phi) is 4.93. The monoisotopic (exact) mass is 255 g/mol. The standard InChI is InChI=1S/C9H13N5O2S/c1-11-6(5-10)3-4-17-9-12-7(15)8(16)13-14(9)2/h6,11H,3-4H2,1-2H3,(H,13,16). The molecule has 0 aliphatic carbocycles. The lowest BCUT2D eigenvalue weighted by Gasteiger charge is -2.08. The third-order valence-electron chi connectivity index (χ3n) is 2.09. The van der Waals surface area contributed by atoms with E-state index in [2.05, 4.69) is 21.5 Å². The van der Waals surface area contributed by atoms with Gasteiger partial charge >= 0.3 is 11.1 Å². The highest BCUT2D eigenvalue weighted by Gasteiger charge is 2.07. The minimum Gasteiger partial charge on any atom is -0.305 e. The van der Waals surface area contributed by atoms with Gasteiger partial charge in [0.25, 0.3) is 0 Å². The molecule has 2 N–H and O–H groups in total. The second-order valence-electron chi connectivity index (χ2n) is 3.31. The van der Waals surface area contributed by atoms with Gasteiger partial charge in [0.1, 0.15) is 0 Å². The topological polar surface area (TPSA) is 104 Å². The lowest BCUT2D eigenvalue weighted by atomic mass is 10.3. The summed E-state index contributed by atoms with van der Waals surface area (Å²) in [4.78, 5) is 25.7. The van der Waals surface area contributed by atoms with Crippen LogP contribution in [0.4, 0.5) is 0 Å². The lowest BCUT2D eigenvalue weighted by molar-refractivity contribution is 0.595. The van der Waals surface area contributed by atoms with Crippen LogP contribution in [-0.4, -0.2) is 33.6 Å². The molecule has 0 saturated carbocycles. The normalized spacial score (nSPS) is 12.1. The second kappa shape index (κ2) is 6.22. The van der Waals surface area contributed by atoms with Crippen LogP contribution in [0.1, 0.15) is 6.42 Å². The summed E-state index contributed by atoms with van der Waals surface area (Å²) in [6, 6.07) is 1.88. The number of nitrogens with one attached hydrogen (secondary N) is 2. The molecule has 0 fully saturated rings. The SMILES string of the molecule is CNC(C#N)CCSc1nc(=O)c(=O)[nH]n1C. The molecule has 1 aromatic heterocycles. The Morgan fingerprint density at radius 2 is 2.35 bits per heavy atom. The number of hydrogen-bond acceptors (Lipinski definition) is 6. The summed E-state index contributed by atoms with van der Waals surface area (Å²) >= 11 is 1.32. The van der Waals surface area contributed by atoms with Gasteiger partial charge in [0.05, 0.1) is 12.1 Å². The summed E-state index contributed by atoms with van der Waals surface area (Å²) in [6.07, 6.45) is 0.632. The fourth-order valence-corrected chi connectivity index (χ4v) is 2.05. The van der Waals surface area contributed by atoms with Crippen LogP contribution < -0.4 is 16.4 Å². The van der Waals surface area contributed by atoms with Crippen molar-refractivity contribution in [3.05, 3.63) is 20.7 Å². The van der Waals surface area contributed by atoms with Crippen molar-refractivity contribution >= 4 is 11.8 Å². The van der Waals surface area contributed by atoms with Gasteiger partial charge < -0.3 is 5.32 Å². The Morgan fingerprint density at radius 3 is 2.94 bits per heavy atom. The van der Waals surface area contributed by atoms with Crippen molar-refractivity contribution in [3.63, 3.8) is 0 Å². The maximum absolute atomic E-state index is 11.1. The predicted molar refractivity (Wildman–Crippen MR) is 63.9 cm³/mol. The van der Waals surface area contributed by atoms with Crippen LogP contribution >= 0.6 is 11.8 Å². The molecule has 1 aromatic rings. The minimum atomic E-state index is -0.795. The fraction of sp³-hybridized carbons (Fsp3) is 0.556. The molecular weight excluding hydrogens is 242 g/mol. The quantitative estimate of drug-likeness (QED) is 0.520. The summed E-state index contributed by atoms with van der Waals surface area (Å²) in [5.74, 6) is 0.630. The summed E-state index contributed by atoms with van der Waals surface area (Å²) in [7, 11) is 3.32. The molecule has 7 nitrogen and oxygen atoms in total. The van der Waals surface area contributed by atoms with E-state index in [1.807, 2.05) is 0 Å². The van der Waals surface area contributed by atoms with Crippen molar-refractivity contribution in [2.45, 2.75) is 17.6 Å². The highest BCUT2D eigenvalue weighted by atomic mass is 32.2. The largest absolute Gasteiger partial charge is 0.339 e. The number of aromatic nitrogens is 3. The molecule has 0 bridgehead atoms. The van der Waals surface area contributed by atoms with E-state index < -0.39 is 11.1 Å². The molecule has 0 aliphatic heterocycles. The van der Waals surface area contributed by atoms with Crippen LogP contribution in [0.5, 0.6) is 0 Å². The summed E-state index contributed by atoms with van der Waals surface area (Å²) < 4.78 is 1.40. The second-order valence-corrected chi connectivity index (χ2v) is 4.37. The molecule has 0 amide bonds. The van der Waals surface area contributed by atoms with Gasteiger partial charge in [-0.15, -0.1) is 0 Å². The highest BCUT2D eigenvalue weighted by Crippen LogP contribution is 2.13. The molecule has 0 aliphatic rings. The number of nitrogens with zero attached hydrogens (tertiary/aromatic N) is 3. The van der Waals surface area contributed by atoms with Gasteiger partial charge in [0, 0.05) is 12.8 Å². The van der Waals surface area contributed by atoms with Crippen LogP contribution in [-0.2, 0) is 7.05 Å². The maximum Gasteiger partial charge on any atom is 0.339 e. The number of aromatic amines is 1. The first-order valence-corrected chi connectivity index (χ1v) is 5.94. The first-order valence-electron chi connectivity index (χ1n) is 4.95. The van der Waals surface area contributed by atoms with Crippen molar-refractivity contribution < 1.29 is 0 Å². The number of thioether (sulfide) groups is 1. The van der Waals surface area contributed by atoms with Gasteiger partial charge in [-0.05, 0) is 13.5 Å². The highest BCUT2D eigenvalue weighted by molar-refractivity contribution is 7.99. The van der Waals surface area contributed by atoms with Gasteiger partial charge in [0.2, 0.25) is 0 Å². The first kappa shape index (κ1) is 13.5. The van der Waals surface area contributed by atoms with E-state index in [0.717, 1.165) is 0 Å². The van der Waals surface area contributed by atoms with E-state index in [9.17, 15) is 9.59 Å². The van der Waals surface area contributed by atoms with E-state index in [0.29, 0.717) is 17.3 Å². The predicted octanol–water partition coefficient (Wildman–Crippen LogP) is -0.938. The fourth-order valence-electron chi connectivity index (χ4n) is 1.13. The van der Waals surface area contributed by atoms with Crippen molar-refractivity contribution in [2.75, 3.05) is 12.8 Å². The molecule has 1 rings (SSSR count). The molecule has 0 saturated heterocycles. The Hall–Kier alpha value is -1.59. The van der Waals surface area contributed by atoms with Crippen molar-refractivity contribution in [2.24, 2.45) is 7.05 Å². The molecule has 1 heterocycles. The van der Waals surface area contributed by atoms with Gasteiger partial charge in [-0.1, -0.05) is 11.8 Å². The number of aryl methyl sites for hydroxylation is 1. The summed E-state index contributed by atoms with van der Waals surface area (Å²) in [6.45, 7) is 0. The Balaban J connectivity index is 2.65. The number of nitriles is 1. The third-order valence-corrected chi connectivity index (χ3v) is 3.15. The molecule has 0 radical (unpaired) electrons. The molecule has 0 spiro atoms. The van der Waals surface area contributed by atoms with Crippen LogP contribution in [0.15, 0.2) is 14.7 Å². The van der Waals surface area contributed by atoms with Gasteiger partial charge in [-0.2, -0.15) is 10.2 Å². The van der Waals surface area contributed by atoms with Gasteiger partial charge in [-0.3, -0.25) is 19.4 Å².